The summed E-state index contributed by atoms with van der Waals surface area (Å²) in [6.07, 6.45) is -4.10. The van der Waals surface area contributed by atoms with Crippen LogP contribution in [0.3, 0.4) is 0 Å². The van der Waals surface area contributed by atoms with Gasteiger partial charge in [0.15, 0.2) is 34.7 Å². The number of hydrogen-bond donors (Lipinski definition) is 7. The lowest BCUT2D eigenvalue weighted by Crippen LogP contribution is -2.59. The molecule has 2 unspecified atom stereocenters. The number of hydrogen-bond acceptors (Lipinski definition) is 13. The van der Waals surface area contributed by atoms with Gasteiger partial charge in [-0.2, -0.15) is 0 Å². The van der Waals surface area contributed by atoms with Crippen LogP contribution in [0.1, 0.15) is 30.4 Å². The molecular formula is C28H26O15. The van der Waals surface area contributed by atoms with E-state index in [9.17, 15) is 54.6 Å². The molecule has 2 aromatic rings. The van der Waals surface area contributed by atoms with E-state index in [-0.39, 0.29) is 11.1 Å². The molecule has 0 aromatic heterocycles. The zero-order valence-electron chi connectivity index (χ0n) is 22.0. The van der Waals surface area contributed by atoms with Gasteiger partial charge in [0.1, 0.15) is 18.6 Å². The number of aliphatic carboxylic acids is 2. The standard InChI is InChI=1S/C28H26O15/c29-16-5-1-14(9-18(16)31)3-7-23(35)41-20-12-28(40,27(38)39)13-21(26(20)43-25(37)11-22(33)34)42-24(36)8-4-15-2-6-17(30)19(32)10-15/h1-10,20-21,26,29-32,40H,11-13H2,(H,33,34)(H,38,39)/b7-3+,8-4+. The SMILES string of the molecule is O=C(O)CC(=O)OC1C(OC(=O)/C=C/c2ccc(O)c(O)c2)CC(O)(C(=O)O)CC1OC(=O)/C=C/c1ccc(O)c(O)c1. The molecule has 0 heterocycles. The molecule has 15 nitrogen and oxygen atoms in total. The molecule has 7 N–H and O–H groups in total. The van der Waals surface area contributed by atoms with Crippen molar-refractivity contribution in [3.8, 4) is 23.0 Å². The van der Waals surface area contributed by atoms with Crippen LogP contribution >= 0.6 is 0 Å². The maximum absolute atomic E-state index is 12.6. The summed E-state index contributed by atoms with van der Waals surface area (Å²) >= 11 is 0. The number of carbonyl (C=O) groups is 5. The van der Waals surface area contributed by atoms with Crippen LogP contribution in [0.4, 0.5) is 0 Å². The van der Waals surface area contributed by atoms with E-state index in [1.165, 1.54) is 12.1 Å². The molecule has 1 aliphatic carbocycles. The van der Waals surface area contributed by atoms with E-state index in [0.29, 0.717) is 0 Å². The van der Waals surface area contributed by atoms with Gasteiger partial charge in [-0.15, -0.1) is 0 Å². The van der Waals surface area contributed by atoms with Crippen LogP contribution < -0.4 is 0 Å². The number of carboxylic acids is 2. The van der Waals surface area contributed by atoms with Gasteiger partial charge in [-0.05, 0) is 47.5 Å². The van der Waals surface area contributed by atoms with Crippen LogP contribution in [0.15, 0.2) is 48.6 Å². The molecule has 1 aliphatic rings. The lowest BCUT2D eigenvalue weighted by atomic mass is 9.79. The predicted octanol–water partition coefficient (Wildman–Crippen LogP) is 1.06. The molecule has 0 saturated heterocycles. The number of phenolic OH excluding ortho intramolecular Hbond substituents is 4. The van der Waals surface area contributed by atoms with E-state index in [1.807, 2.05) is 0 Å². The summed E-state index contributed by atoms with van der Waals surface area (Å²) < 4.78 is 15.6. The first-order valence-electron chi connectivity index (χ1n) is 12.4. The van der Waals surface area contributed by atoms with Crippen molar-refractivity contribution in [3.05, 3.63) is 59.7 Å². The van der Waals surface area contributed by atoms with E-state index >= 15 is 0 Å². The number of esters is 3. The summed E-state index contributed by atoms with van der Waals surface area (Å²) in [4.78, 5) is 60.4. The third-order valence-electron chi connectivity index (χ3n) is 6.13. The topological polar surface area (TPSA) is 255 Å². The minimum atomic E-state index is -2.65. The highest BCUT2D eigenvalue weighted by molar-refractivity contribution is 5.91. The Labute approximate surface area is 242 Å². The van der Waals surface area contributed by atoms with Gasteiger partial charge in [0.2, 0.25) is 0 Å². The quantitative estimate of drug-likeness (QED) is 0.0659. The molecule has 3 rings (SSSR count). The summed E-state index contributed by atoms with van der Waals surface area (Å²) in [6, 6.07) is 7.18. The van der Waals surface area contributed by atoms with E-state index in [2.05, 4.69) is 0 Å². The first-order valence-corrected chi connectivity index (χ1v) is 12.4. The molecule has 2 aromatic carbocycles. The third kappa shape index (κ3) is 8.71. The molecule has 0 amide bonds. The van der Waals surface area contributed by atoms with Gasteiger partial charge in [-0.1, -0.05) is 12.1 Å². The molecule has 1 saturated carbocycles. The highest BCUT2D eigenvalue weighted by Gasteiger charge is 2.54. The van der Waals surface area contributed by atoms with Crippen molar-refractivity contribution in [1.82, 2.24) is 0 Å². The van der Waals surface area contributed by atoms with Gasteiger partial charge in [-0.3, -0.25) is 9.59 Å². The zero-order valence-corrected chi connectivity index (χ0v) is 22.0. The van der Waals surface area contributed by atoms with Crippen molar-refractivity contribution < 1.29 is 73.9 Å². The van der Waals surface area contributed by atoms with Gasteiger partial charge in [-0.25, -0.2) is 14.4 Å². The zero-order chi connectivity index (χ0) is 31.9. The van der Waals surface area contributed by atoms with Crippen molar-refractivity contribution in [2.75, 3.05) is 0 Å². The average Bonchev–Trinajstić information content (AvgIpc) is 2.91. The molecule has 43 heavy (non-hydrogen) atoms. The van der Waals surface area contributed by atoms with E-state index in [1.54, 1.807) is 0 Å². The second-order valence-corrected chi connectivity index (χ2v) is 9.38. The van der Waals surface area contributed by atoms with Gasteiger partial charge in [0, 0.05) is 25.0 Å². The van der Waals surface area contributed by atoms with E-state index in [4.69, 9.17) is 19.3 Å². The lowest BCUT2D eigenvalue weighted by molar-refractivity contribution is -0.213. The summed E-state index contributed by atoms with van der Waals surface area (Å²) in [6.45, 7) is 0. The lowest BCUT2D eigenvalue weighted by Gasteiger charge is -2.42. The minimum Gasteiger partial charge on any atom is -0.504 e. The van der Waals surface area contributed by atoms with E-state index in [0.717, 1.165) is 48.6 Å². The Hall–Kier alpha value is -5.57. The fourth-order valence-electron chi connectivity index (χ4n) is 4.08. The van der Waals surface area contributed by atoms with Crippen molar-refractivity contribution in [2.45, 2.75) is 43.2 Å². The molecule has 15 heteroatoms. The van der Waals surface area contributed by atoms with Crippen LogP contribution in [0, 0.1) is 0 Å². The van der Waals surface area contributed by atoms with Crippen molar-refractivity contribution in [2.24, 2.45) is 0 Å². The van der Waals surface area contributed by atoms with Crippen molar-refractivity contribution >= 4 is 42.0 Å². The highest BCUT2D eigenvalue weighted by Crippen LogP contribution is 2.35. The van der Waals surface area contributed by atoms with Gasteiger partial charge >= 0.3 is 29.8 Å². The number of ether oxygens (including phenoxy) is 3. The summed E-state index contributed by atoms with van der Waals surface area (Å²) in [5.41, 5.74) is -2.17. The Morgan fingerprint density at radius 3 is 1.53 bits per heavy atom. The van der Waals surface area contributed by atoms with Crippen LogP contribution in [-0.2, 0) is 38.2 Å². The number of aliphatic hydroxyl groups is 1. The Bertz CT molecular complexity index is 1390. The van der Waals surface area contributed by atoms with Crippen LogP contribution in [0.5, 0.6) is 23.0 Å². The first kappa shape index (κ1) is 32.0. The number of aromatic hydroxyl groups is 4. The Kier molecular flexibility index (Phi) is 9.95. The fourth-order valence-corrected chi connectivity index (χ4v) is 4.08. The second kappa shape index (κ2) is 13.4. The Balaban J connectivity index is 1.88. The molecular weight excluding hydrogens is 576 g/mol. The Morgan fingerprint density at radius 2 is 1.16 bits per heavy atom. The predicted molar refractivity (Wildman–Crippen MR) is 141 cm³/mol. The molecule has 0 aliphatic heterocycles. The van der Waals surface area contributed by atoms with Crippen LogP contribution in [-0.4, -0.2) is 89.5 Å². The number of phenols is 4. The van der Waals surface area contributed by atoms with Gasteiger partial charge in [0.25, 0.3) is 0 Å². The number of carboxylic acid groups (broad SMARTS) is 2. The number of carbonyl (C=O) groups excluding carboxylic acids is 3. The van der Waals surface area contributed by atoms with Crippen molar-refractivity contribution in [1.29, 1.82) is 0 Å². The average molecular weight is 603 g/mol. The molecule has 0 bridgehead atoms. The van der Waals surface area contributed by atoms with E-state index < -0.39 is 96.0 Å². The molecule has 0 spiro atoms. The first-order chi connectivity index (χ1) is 20.2. The van der Waals surface area contributed by atoms with Crippen LogP contribution in [0.25, 0.3) is 12.2 Å². The Morgan fingerprint density at radius 1 is 0.721 bits per heavy atom. The second-order valence-electron chi connectivity index (χ2n) is 9.38. The van der Waals surface area contributed by atoms with Crippen molar-refractivity contribution in [3.63, 3.8) is 0 Å². The maximum Gasteiger partial charge on any atom is 0.335 e. The summed E-state index contributed by atoms with van der Waals surface area (Å²) in [7, 11) is 0. The maximum atomic E-state index is 12.6. The third-order valence-corrected chi connectivity index (χ3v) is 6.13. The summed E-state index contributed by atoms with van der Waals surface area (Å²) in [5.74, 6) is -8.81. The van der Waals surface area contributed by atoms with Gasteiger partial charge < -0.3 is 50.0 Å². The molecule has 1 fully saturated rings. The highest BCUT2D eigenvalue weighted by atomic mass is 16.6. The largest absolute Gasteiger partial charge is 0.504 e. The van der Waals surface area contributed by atoms with Gasteiger partial charge in [0.05, 0.1) is 0 Å². The van der Waals surface area contributed by atoms with Crippen LogP contribution in [0.2, 0.25) is 0 Å². The normalized spacial score (nSPS) is 21.7. The number of rotatable bonds is 10. The molecule has 2 atom stereocenters. The monoisotopic (exact) mass is 602 g/mol. The number of benzene rings is 2. The fraction of sp³-hybridized carbons (Fsp3) is 0.250. The molecule has 228 valence electrons. The minimum absolute atomic E-state index is 0.239. The molecule has 0 radical (unpaired) electrons. The smallest absolute Gasteiger partial charge is 0.335 e. The summed E-state index contributed by atoms with van der Waals surface area (Å²) in [5, 5.41) is 67.4.